The maximum atomic E-state index is 13.6. The summed E-state index contributed by atoms with van der Waals surface area (Å²) in [7, 11) is 0. The minimum atomic E-state index is -0.477. The second kappa shape index (κ2) is 10.6. The maximum Gasteiger partial charge on any atom is 0.309 e. The average molecular weight is 520 g/mol. The molecule has 2 heterocycles. The van der Waals surface area contributed by atoms with E-state index in [2.05, 4.69) is 17.1 Å². The van der Waals surface area contributed by atoms with Crippen molar-refractivity contribution in [3.8, 4) is 11.1 Å². The minimum absolute atomic E-state index is 0.0776. The number of hydrogen-bond donors (Lipinski definition) is 0. The van der Waals surface area contributed by atoms with Crippen LogP contribution in [-0.4, -0.2) is 28.6 Å². The van der Waals surface area contributed by atoms with E-state index in [1.807, 2.05) is 45.9 Å². The highest BCUT2D eigenvalue weighted by atomic mass is 19.1. The summed E-state index contributed by atoms with van der Waals surface area (Å²) < 4.78 is 24.9. The molecule has 1 aromatic carbocycles. The first-order valence-corrected chi connectivity index (χ1v) is 13.9. The van der Waals surface area contributed by atoms with Crippen LogP contribution in [0, 0.1) is 41.3 Å². The van der Waals surface area contributed by atoms with Gasteiger partial charge in [-0.25, -0.2) is 4.39 Å². The van der Waals surface area contributed by atoms with Crippen LogP contribution in [0.2, 0.25) is 0 Å². The van der Waals surface area contributed by atoms with Gasteiger partial charge >= 0.3 is 11.9 Å². The molecule has 6 heteroatoms. The quantitative estimate of drug-likeness (QED) is 0.404. The Morgan fingerprint density at radius 2 is 1.97 bits per heavy atom. The highest BCUT2D eigenvalue weighted by Crippen LogP contribution is 2.54. The SMILES string of the molecule is C[C@H]1OC(=O)[C@@H]2C[C@@H]3C[C@H](CC(=O)OC(C)(C)C)CC[C@H]3[C@H](/C=C/c3ccc(-c4cccc(F)c4)cn3)[C@H]12. The van der Waals surface area contributed by atoms with E-state index in [0.29, 0.717) is 24.2 Å². The molecule has 1 saturated heterocycles. The topological polar surface area (TPSA) is 65.5 Å². The molecule has 0 bridgehead atoms. The van der Waals surface area contributed by atoms with Crippen molar-refractivity contribution in [3.63, 3.8) is 0 Å². The van der Waals surface area contributed by atoms with Gasteiger partial charge in [0, 0.05) is 24.1 Å². The number of nitrogens with zero attached hydrogens (tertiary/aromatic N) is 1. The first-order chi connectivity index (χ1) is 18.1. The molecule has 2 saturated carbocycles. The Morgan fingerprint density at radius 1 is 1.16 bits per heavy atom. The van der Waals surface area contributed by atoms with Crippen molar-refractivity contribution in [1.82, 2.24) is 4.98 Å². The van der Waals surface area contributed by atoms with Gasteiger partial charge in [0.05, 0.1) is 11.6 Å². The summed E-state index contributed by atoms with van der Waals surface area (Å²) in [6.07, 6.45) is 10.2. The van der Waals surface area contributed by atoms with Crippen LogP contribution in [-0.2, 0) is 19.1 Å². The van der Waals surface area contributed by atoms with E-state index in [1.54, 1.807) is 12.3 Å². The Balaban J connectivity index is 1.32. The zero-order chi connectivity index (χ0) is 27.0. The predicted octanol–water partition coefficient (Wildman–Crippen LogP) is 6.86. The molecule has 5 rings (SSSR count). The number of halogens is 1. The van der Waals surface area contributed by atoms with Gasteiger partial charge in [-0.3, -0.25) is 14.6 Å². The number of benzene rings is 1. The average Bonchev–Trinajstić information content (AvgIpc) is 3.13. The number of cyclic esters (lactones) is 1. The number of aromatic nitrogens is 1. The summed E-state index contributed by atoms with van der Waals surface area (Å²) in [5.41, 5.74) is 2.02. The lowest BCUT2D eigenvalue weighted by Gasteiger charge is -2.47. The summed E-state index contributed by atoms with van der Waals surface area (Å²) >= 11 is 0. The molecule has 3 aliphatic rings. The third-order valence-electron chi connectivity index (χ3n) is 8.57. The lowest BCUT2D eigenvalue weighted by Crippen LogP contribution is -2.44. The fraction of sp³-hybridized carbons (Fsp3) is 0.531. The van der Waals surface area contributed by atoms with E-state index in [9.17, 15) is 14.0 Å². The molecule has 0 radical (unpaired) electrons. The molecule has 0 N–H and O–H groups in total. The zero-order valence-corrected chi connectivity index (χ0v) is 22.7. The molecular weight excluding hydrogens is 481 g/mol. The van der Waals surface area contributed by atoms with Crippen molar-refractivity contribution in [2.45, 2.75) is 71.5 Å². The second-order valence-corrected chi connectivity index (χ2v) is 12.4. The van der Waals surface area contributed by atoms with Crippen molar-refractivity contribution in [2.75, 3.05) is 0 Å². The summed E-state index contributed by atoms with van der Waals surface area (Å²) in [4.78, 5) is 29.9. The molecule has 5 nitrogen and oxygen atoms in total. The molecule has 3 fully saturated rings. The largest absolute Gasteiger partial charge is 0.462 e. The van der Waals surface area contributed by atoms with Gasteiger partial charge in [-0.05, 0) is 107 Å². The van der Waals surface area contributed by atoms with Gasteiger partial charge in [-0.1, -0.05) is 24.3 Å². The van der Waals surface area contributed by atoms with Crippen molar-refractivity contribution in [1.29, 1.82) is 0 Å². The van der Waals surface area contributed by atoms with Gasteiger partial charge in [0.15, 0.2) is 0 Å². The Kier molecular flexibility index (Phi) is 7.43. The van der Waals surface area contributed by atoms with E-state index < -0.39 is 5.60 Å². The second-order valence-electron chi connectivity index (χ2n) is 12.4. The molecule has 1 aliphatic heterocycles. The fourth-order valence-corrected chi connectivity index (χ4v) is 7.07. The van der Waals surface area contributed by atoms with Crippen LogP contribution in [0.15, 0.2) is 48.7 Å². The van der Waals surface area contributed by atoms with E-state index in [-0.39, 0.29) is 41.6 Å². The van der Waals surface area contributed by atoms with Gasteiger partial charge in [0.25, 0.3) is 0 Å². The Hall–Kier alpha value is -3.02. The van der Waals surface area contributed by atoms with Crippen molar-refractivity contribution >= 4 is 18.0 Å². The van der Waals surface area contributed by atoms with Crippen LogP contribution in [0.3, 0.4) is 0 Å². The van der Waals surface area contributed by atoms with Gasteiger partial charge in [0.2, 0.25) is 0 Å². The van der Waals surface area contributed by atoms with Crippen LogP contribution in [0.4, 0.5) is 4.39 Å². The predicted molar refractivity (Wildman–Crippen MR) is 144 cm³/mol. The van der Waals surface area contributed by atoms with Gasteiger partial charge in [-0.15, -0.1) is 0 Å². The number of esters is 2. The number of carbonyl (C=O) groups excluding carboxylic acids is 2. The van der Waals surface area contributed by atoms with Crippen LogP contribution in [0.25, 0.3) is 17.2 Å². The number of allylic oxidation sites excluding steroid dienone is 1. The van der Waals surface area contributed by atoms with Crippen molar-refractivity contribution < 1.29 is 23.5 Å². The maximum absolute atomic E-state index is 13.6. The normalized spacial score (nSPS) is 31.0. The highest BCUT2D eigenvalue weighted by Gasteiger charge is 2.54. The first-order valence-electron chi connectivity index (χ1n) is 13.9. The smallest absolute Gasteiger partial charge is 0.309 e. The molecule has 202 valence electrons. The number of rotatable bonds is 5. The highest BCUT2D eigenvalue weighted by molar-refractivity contribution is 5.76. The molecule has 1 aromatic heterocycles. The number of carbonyl (C=O) groups is 2. The van der Waals surface area contributed by atoms with Crippen LogP contribution in [0.1, 0.15) is 65.5 Å². The van der Waals surface area contributed by atoms with Crippen LogP contribution >= 0.6 is 0 Å². The Bertz CT molecular complexity index is 1200. The molecule has 2 aromatic rings. The van der Waals surface area contributed by atoms with E-state index in [0.717, 1.165) is 42.5 Å². The molecule has 2 aliphatic carbocycles. The van der Waals surface area contributed by atoms with E-state index in [1.165, 1.54) is 12.1 Å². The summed E-state index contributed by atoms with van der Waals surface area (Å²) in [5, 5.41) is 0. The molecule has 38 heavy (non-hydrogen) atoms. The first kappa shape index (κ1) is 26.6. The molecule has 0 amide bonds. The Labute approximate surface area is 224 Å². The third-order valence-corrected chi connectivity index (χ3v) is 8.57. The Morgan fingerprint density at radius 3 is 2.68 bits per heavy atom. The number of pyridine rings is 1. The van der Waals surface area contributed by atoms with Gasteiger partial charge in [0.1, 0.15) is 17.5 Å². The van der Waals surface area contributed by atoms with Gasteiger partial charge in [-0.2, -0.15) is 0 Å². The minimum Gasteiger partial charge on any atom is -0.462 e. The van der Waals surface area contributed by atoms with Gasteiger partial charge < -0.3 is 9.47 Å². The number of hydrogen-bond acceptors (Lipinski definition) is 5. The molecular formula is C32H38FNO4. The van der Waals surface area contributed by atoms with Crippen LogP contribution < -0.4 is 0 Å². The standard InChI is InChI=1S/C32H38FNO4/c1-19-30-27(13-11-25-10-9-22(18-34-25)21-6-5-7-24(33)16-21)26-12-8-20(15-29(35)38-32(2,3)4)14-23(26)17-28(30)31(36)37-19/h5-7,9-11,13,16,18-20,23,26-28,30H,8,12,14-15,17H2,1-4H3/b13-11+/t19-,20-,23+,26-,27+,28-,30+/m1/s1. The molecule has 7 atom stereocenters. The number of ether oxygens (including phenoxy) is 2. The molecule has 0 spiro atoms. The number of fused-ring (bicyclic) bond motifs is 2. The lowest BCUT2D eigenvalue weighted by molar-refractivity contribution is -0.157. The lowest BCUT2D eigenvalue weighted by atomic mass is 9.56. The summed E-state index contributed by atoms with van der Waals surface area (Å²) in [6, 6.07) is 10.4. The van der Waals surface area contributed by atoms with E-state index >= 15 is 0 Å². The van der Waals surface area contributed by atoms with Crippen molar-refractivity contribution in [2.24, 2.45) is 35.5 Å². The summed E-state index contributed by atoms with van der Waals surface area (Å²) in [5.74, 6) is 0.930. The third kappa shape index (κ3) is 5.84. The monoisotopic (exact) mass is 519 g/mol. The summed E-state index contributed by atoms with van der Waals surface area (Å²) in [6.45, 7) is 7.72. The van der Waals surface area contributed by atoms with Crippen LogP contribution in [0.5, 0.6) is 0 Å². The fourth-order valence-electron chi connectivity index (χ4n) is 7.07. The molecule has 0 unspecified atom stereocenters. The zero-order valence-electron chi connectivity index (χ0n) is 22.7. The van der Waals surface area contributed by atoms with E-state index in [4.69, 9.17) is 9.47 Å². The van der Waals surface area contributed by atoms with Crippen molar-refractivity contribution in [3.05, 3.63) is 60.2 Å².